The molecule has 0 aliphatic carbocycles. The molecule has 0 radical (unpaired) electrons. The lowest BCUT2D eigenvalue weighted by Crippen LogP contribution is -2.18. The Balaban J connectivity index is 1.59. The molecule has 0 saturated heterocycles. The molecule has 1 N–H and O–H groups in total. The van der Waals surface area contributed by atoms with Crippen LogP contribution in [0.1, 0.15) is 17.0 Å². The van der Waals surface area contributed by atoms with Gasteiger partial charge in [0.2, 0.25) is 11.1 Å². The highest BCUT2D eigenvalue weighted by Gasteiger charge is 2.18. The van der Waals surface area contributed by atoms with Crippen LogP contribution in [0, 0.1) is 13.8 Å². The first-order valence-electron chi connectivity index (χ1n) is 9.40. The Kier molecular flexibility index (Phi) is 6.45. The second-order valence-electron chi connectivity index (χ2n) is 6.68. The molecule has 0 unspecified atom stereocenters. The van der Waals surface area contributed by atoms with Gasteiger partial charge in [-0.1, -0.05) is 47.3 Å². The van der Waals surface area contributed by atoms with Gasteiger partial charge in [0.15, 0.2) is 0 Å². The van der Waals surface area contributed by atoms with E-state index >= 15 is 0 Å². The molecule has 1 aromatic carbocycles. The topological polar surface area (TPSA) is 85.1 Å². The Bertz CT molecular complexity index is 1260. The SMILES string of the molecule is CSc1nc2nc(C)c(CC(=O)Nc3cccc(Cl)c3Sc3ccccn3)c(C)n2n1. The van der Waals surface area contributed by atoms with Crippen LogP contribution in [0.25, 0.3) is 5.78 Å². The number of nitrogens with zero attached hydrogens (tertiary/aromatic N) is 5. The standard InChI is InChI=1S/C21H19ClN6OS2/c1-12-14(13(2)28-20(24-12)26-21(27-28)30-3)11-17(29)25-16-8-6-7-15(22)19(16)31-18-9-4-5-10-23-18/h4-10H,11H2,1-3H3,(H,25,29). The largest absolute Gasteiger partial charge is 0.325 e. The van der Waals surface area contributed by atoms with E-state index in [0.717, 1.165) is 26.9 Å². The molecule has 0 aliphatic heterocycles. The summed E-state index contributed by atoms with van der Waals surface area (Å²) in [6.07, 6.45) is 3.80. The molecule has 4 aromatic rings. The highest BCUT2D eigenvalue weighted by atomic mass is 35.5. The van der Waals surface area contributed by atoms with E-state index in [-0.39, 0.29) is 12.3 Å². The van der Waals surface area contributed by atoms with Gasteiger partial charge in [0, 0.05) is 23.1 Å². The number of benzene rings is 1. The summed E-state index contributed by atoms with van der Waals surface area (Å²) in [7, 11) is 0. The van der Waals surface area contributed by atoms with Crippen molar-refractivity contribution in [3.8, 4) is 0 Å². The van der Waals surface area contributed by atoms with Gasteiger partial charge >= 0.3 is 0 Å². The lowest BCUT2D eigenvalue weighted by atomic mass is 10.1. The van der Waals surface area contributed by atoms with Crippen molar-refractivity contribution in [2.45, 2.75) is 35.3 Å². The fourth-order valence-electron chi connectivity index (χ4n) is 3.11. The number of fused-ring (bicyclic) bond motifs is 1. The zero-order valence-electron chi connectivity index (χ0n) is 17.1. The summed E-state index contributed by atoms with van der Waals surface area (Å²) in [5.41, 5.74) is 3.07. The highest BCUT2D eigenvalue weighted by Crippen LogP contribution is 2.38. The third-order valence-corrected chi connectivity index (χ3v) is 6.69. The second kappa shape index (κ2) is 9.25. The Hall–Kier alpha value is -2.62. The summed E-state index contributed by atoms with van der Waals surface area (Å²) in [6, 6.07) is 11.1. The Morgan fingerprint density at radius 1 is 1.16 bits per heavy atom. The number of pyridine rings is 1. The third-order valence-electron chi connectivity index (χ3n) is 4.63. The Morgan fingerprint density at radius 3 is 2.74 bits per heavy atom. The molecule has 0 atom stereocenters. The van der Waals surface area contributed by atoms with E-state index in [9.17, 15) is 4.79 Å². The lowest BCUT2D eigenvalue weighted by Gasteiger charge is -2.14. The number of thioether (sulfide) groups is 1. The molecule has 0 saturated carbocycles. The van der Waals surface area contributed by atoms with Gasteiger partial charge in [-0.15, -0.1) is 5.10 Å². The molecule has 3 heterocycles. The van der Waals surface area contributed by atoms with Crippen LogP contribution in [0.2, 0.25) is 5.02 Å². The predicted octanol–water partition coefficient (Wildman–Crippen LogP) is 4.84. The van der Waals surface area contributed by atoms with Gasteiger partial charge in [0.25, 0.3) is 5.78 Å². The van der Waals surface area contributed by atoms with Crippen molar-refractivity contribution in [3.05, 3.63) is 64.6 Å². The van der Waals surface area contributed by atoms with Crippen LogP contribution < -0.4 is 5.32 Å². The summed E-state index contributed by atoms with van der Waals surface area (Å²) in [5, 5.41) is 9.42. The summed E-state index contributed by atoms with van der Waals surface area (Å²) in [5.74, 6) is 0.370. The first-order chi connectivity index (χ1) is 15.0. The average Bonchev–Trinajstić information content (AvgIpc) is 3.17. The molecule has 4 rings (SSSR count). The molecule has 3 aromatic heterocycles. The zero-order valence-corrected chi connectivity index (χ0v) is 19.5. The van der Waals surface area contributed by atoms with E-state index in [0.29, 0.717) is 21.6 Å². The van der Waals surface area contributed by atoms with Crippen molar-refractivity contribution >= 4 is 52.5 Å². The van der Waals surface area contributed by atoms with Crippen LogP contribution in [-0.4, -0.2) is 36.7 Å². The molecule has 0 fully saturated rings. The number of nitrogens with one attached hydrogen (secondary N) is 1. The molecular formula is C21H19ClN6OS2. The normalized spacial score (nSPS) is 11.1. The van der Waals surface area contributed by atoms with Crippen molar-refractivity contribution in [3.63, 3.8) is 0 Å². The minimum absolute atomic E-state index is 0.162. The van der Waals surface area contributed by atoms with Crippen LogP contribution in [0.5, 0.6) is 0 Å². The van der Waals surface area contributed by atoms with Crippen LogP contribution in [0.4, 0.5) is 5.69 Å². The summed E-state index contributed by atoms with van der Waals surface area (Å²) in [4.78, 5) is 26.9. The van der Waals surface area contributed by atoms with Gasteiger partial charge in [-0.3, -0.25) is 4.79 Å². The number of anilines is 1. The summed E-state index contributed by atoms with van der Waals surface area (Å²) in [6.45, 7) is 3.80. The maximum absolute atomic E-state index is 12.9. The van der Waals surface area contributed by atoms with Gasteiger partial charge in [-0.05, 0) is 44.4 Å². The minimum Gasteiger partial charge on any atom is -0.325 e. The molecule has 0 aliphatic rings. The van der Waals surface area contributed by atoms with Crippen LogP contribution in [0.3, 0.4) is 0 Å². The number of amides is 1. The lowest BCUT2D eigenvalue weighted by molar-refractivity contribution is -0.115. The predicted molar refractivity (Wildman–Crippen MR) is 124 cm³/mol. The van der Waals surface area contributed by atoms with Crippen LogP contribution in [-0.2, 0) is 11.2 Å². The summed E-state index contributed by atoms with van der Waals surface area (Å²) < 4.78 is 1.68. The first-order valence-corrected chi connectivity index (χ1v) is 11.8. The van der Waals surface area contributed by atoms with E-state index in [4.69, 9.17) is 11.6 Å². The molecule has 7 nitrogen and oxygen atoms in total. The number of carbonyl (C=O) groups excluding carboxylic acids is 1. The fourth-order valence-corrected chi connectivity index (χ4v) is 4.60. The molecule has 158 valence electrons. The van der Waals surface area contributed by atoms with Crippen molar-refractivity contribution < 1.29 is 4.79 Å². The quantitative estimate of drug-likeness (QED) is 0.403. The minimum atomic E-state index is -0.164. The maximum Gasteiger partial charge on any atom is 0.253 e. The Labute approximate surface area is 193 Å². The summed E-state index contributed by atoms with van der Waals surface area (Å²) >= 11 is 9.28. The Morgan fingerprint density at radius 2 is 2.00 bits per heavy atom. The molecule has 1 amide bonds. The zero-order chi connectivity index (χ0) is 22.0. The first kappa shape index (κ1) is 21.6. The third kappa shape index (κ3) is 4.68. The number of rotatable bonds is 6. The number of hydrogen-bond donors (Lipinski definition) is 1. The van der Waals surface area contributed by atoms with Gasteiger partial charge in [0.05, 0.1) is 22.0 Å². The average molecular weight is 471 g/mol. The van der Waals surface area contributed by atoms with E-state index in [1.165, 1.54) is 23.5 Å². The molecule has 10 heteroatoms. The smallest absolute Gasteiger partial charge is 0.253 e. The number of halogens is 1. The highest BCUT2D eigenvalue weighted by molar-refractivity contribution is 7.99. The van der Waals surface area contributed by atoms with Crippen molar-refractivity contribution in [2.24, 2.45) is 0 Å². The van der Waals surface area contributed by atoms with Gasteiger partial charge in [0.1, 0.15) is 5.03 Å². The molecule has 0 bridgehead atoms. The van der Waals surface area contributed by atoms with Crippen LogP contribution >= 0.6 is 35.1 Å². The van der Waals surface area contributed by atoms with E-state index in [1.54, 1.807) is 16.8 Å². The van der Waals surface area contributed by atoms with Gasteiger partial charge < -0.3 is 5.32 Å². The maximum atomic E-state index is 12.9. The molecular weight excluding hydrogens is 452 g/mol. The van der Waals surface area contributed by atoms with E-state index in [2.05, 4.69) is 25.4 Å². The number of carbonyl (C=O) groups is 1. The second-order valence-corrected chi connectivity index (χ2v) is 8.89. The van der Waals surface area contributed by atoms with Gasteiger partial charge in [-0.25, -0.2) is 14.5 Å². The molecule has 31 heavy (non-hydrogen) atoms. The van der Waals surface area contributed by atoms with Crippen molar-refractivity contribution in [1.29, 1.82) is 0 Å². The molecule has 0 spiro atoms. The van der Waals surface area contributed by atoms with E-state index in [1.807, 2.05) is 50.4 Å². The number of aryl methyl sites for hydroxylation is 2. The van der Waals surface area contributed by atoms with Crippen molar-refractivity contribution in [1.82, 2.24) is 24.6 Å². The van der Waals surface area contributed by atoms with Crippen LogP contribution in [0.15, 0.2) is 57.7 Å². The fraction of sp³-hybridized carbons (Fsp3) is 0.190. The number of hydrogen-bond acceptors (Lipinski definition) is 7. The van der Waals surface area contributed by atoms with Gasteiger partial charge in [-0.2, -0.15) is 4.98 Å². The van der Waals surface area contributed by atoms with E-state index < -0.39 is 0 Å². The van der Waals surface area contributed by atoms with Crippen molar-refractivity contribution in [2.75, 3.05) is 11.6 Å². The monoisotopic (exact) mass is 470 g/mol. The number of aromatic nitrogens is 5.